The third-order valence-electron chi connectivity index (χ3n) is 6.47. The van der Waals surface area contributed by atoms with E-state index in [1.54, 1.807) is 11.8 Å². The molecule has 0 bridgehead atoms. The van der Waals surface area contributed by atoms with E-state index >= 15 is 0 Å². The van der Waals surface area contributed by atoms with Crippen LogP contribution < -0.4 is 10.6 Å². The van der Waals surface area contributed by atoms with E-state index < -0.39 is 11.6 Å². The summed E-state index contributed by atoms with van der Waals surface area (Å²) in [6, 6.07) is -0.555. The van der Waals surface area contributed by atoms with Crippen molar-refractivity contribution in [1.29, 1.82) is 0 Å². The Bertz CT molecular complexity index is 651. The summed E-state index contributed by atoms with van der Waals surface area (Å²) in [7, 11) is 0. The van der Waals surface area contributed by atoms with Gasteiger partial charge in [-0.2, -0.15) is 0 Å². The third kappa shape index (κ3) is 4.64. The number of nitrogens with one attached hydrogen (secondary N) is 2. The molecule has 162 valence electrons. The van der Waals surface area contributed by atoms with E-state index in [0.29, 0.717) is 51.3 Å². The van der Waals surface area contributed by atoms with Gasteiger partial charge >= 0.3 is 12.1 Å². The highest BCUT2D eigenvalue weighted by atomic mass is 16.6. The number of likely N-dealkylation sites (tertiary alicyclic amines) is 1. The fourth-order valence-corrected chi connectivity index (χ4v) is 4.58. The van der Waals surface area contributed by atoms with Crippen LogP contribution in [0, 0.1) is 5.92 Å². The van der Waals surface area contributed by atoms with Crippen molar-refractivity contribution in [3.8, 4) is 0 Å². The van der Waals surface area contributed by atoms with Crippen LogP contribution >= 0.6 is 0 Å². The summed E-state index contributed by atoms with van der Waals surface area (Å²) < 4.78 is 4.99. The largest absolute Gasteiger partial charge is 0.450 e. The topological polar surface area (TPSA) is 108 Å². The summed E-state index contributed by atoms with van der Waals surface area (Å²) in [5.74, 6) is -0.0186. The van der Waals surface area contributed by atoms with Crippen LogP contribution in [-0.2, 0) is 14.3 Å². The van der Waals surface area contributed by atoms with E-state index in [0.717, 1.165) is 24.2 Å². The predicted octanol–water partition coefficient (Wildman–Crippen LogP) is 1.61. The molecule has 0 aromatic heterocycles. The first kappa shape index (κ1) is 21.4. The minimum atomic E-state index is -0.825. The molecule has 3 rings (SSSR count). The lowest BCUT2D eigenvalue weighted by molar-refractivity contribution is -0.136. The van der Waals surface area contributed by atoms with Gasteiger partial charge in [0.1, 0.15) is 12.1 Å². The smallest absolute Gasteiger partial charge is 0.409 e. The van der Waals surface area contributed by atoms with E-state index in [1.165, 1.54) is 0 Å². The van der Waals surface area contributed by atoms with E-state index in [-0.39, 0.29) is 30.5 Å². The molecule has 0 radical (unpaired) electrons. The molecule has 0 aromatic carbocycles. The van der Waals surface area contributed by atoms with Gasteiger partial charge in [0.25, 0.3) is 5.91 Å². The Balaban J connectivity index is 1.48. The highest BCUT2D eigenvalue weighted by Crippen LogP contribution is 2.37. The van der Waals surface area contributed by atoms with Crippen molar-refractivity contribution in [2.75, 3.05) is 26.2 Å². The molecule has 5 amide bonds. The molecule has 29 heavy (non-hydrogen) atoms. The Hall–Kier alpha value is -2.32. The zero-order valence-corrected chi connectivity index (χ0v) is 17.4. The average Bonchev–Trinajstić information content (AvgIpc) is 2.93. The van der Waals surface area contributed by atoms with Crippen molar-refractivity contribution in [3.05, 3.63) is 0 Å². The van der Waals surface area contributed by atoms with Crippen LogP contribution in [0.15, 0.2) is 0 Å². The first-order valence-electron chi connectivity index (χ1n) is 10.7. The van der Waals surface area contributed by atoms with Gasteiger partial charge in [-0.3, -0.25) is 14.5 Å². The highest BCUT2D eigenvalue weighted by molar-refractivity contribution is 6.09. The number of hydrogen-bond acceptors (Lipinski definition) is 5. The quantitative estimate of drug-likeness (QED) is 0.672. The molecule has 0 unspecified atom stereocenters. The second-order valence-electron chi connectivity index (χ2n) is 8.28. The molecular formula is C20H32N4O5. The maximum atomic E-state index is 12.9. The number of ether oxygens (including phenoxy) is 1. The number of carbonyl (C=O) groups is 4. The second-order valence-corrected chi connectivity index (χ2v) is 8.28. The summed E-state index contributed by atoms with van der Waals surface area (Å²) in [4.78, 5) is 52.1. The molecule has 3 fully saturated rings. The minimum Gasteiger partial charge on any atom is -0.450 e. The summed E-state index contributed by atoms with van der Waals surface area (Å²) in [6.07, 6.45) is 5.10. The third-order valence-corrected chi connectivity index (χ3v) is 6.47. The summed E-state index contributed by atoms with van der Waals surface area (Å²) in [5, 5.41) is 5.75. The summed E-state index contributed by atoms with van der Waals surface area (Å²) in [6.45, 7) is 5.00. The van der Waals surface area contributed by atoms with Gasteiger partial charge in [0.05, 0.1) is 6.61 Å². The molecule has 2 saturated heterocycles. The van der Waals surface area contributed by atoms with Crippen LogP contribution in [0.5, 0.6) is 0 Å². The van der Waals surface area contributed by atoms with Crippen LogP contribution in [0.3, 0.4) is 0 Å². The highest BCUT2D eigenvalue weighted by Gasteiger charge is 2.52. The van der Waals surface area contributed by atoms with Crippen molar-refractivity contribution in [2.24, 2.45) is 5.92 Å². The first-order valence-corrected chi connectivity index (χ1v) is 10.7. The van der Waals surface area contributed by atoms with E-state index in [4.69, 9.17) is 4.74 Å². The minimum absolute atomic E-state index is 0.0807. The van der Waals surface area contributed by atoms with Gasteiger partial charge in [0.15, 0.2) is 0 Å². The zero-order chi connectivity index (χ0) is 21.0. The number of rotatable bonds is 5. The van der Waals surface area contributed by atoms with Gasteiger partial charge in [0.2, 0.25) is 5.91 Å². The van der Waals surface area contributed by atoms with Crippen LogP contribution in [-0.4, -0.2) is 71.6 Å². The number of piperidine rings is 1. The standard InChI is InChI=1S/C20H32N4O5/c1-3-14-5-9-20(10-6-14)17(26)24(18(27)22-20)13-16(25)21-15-7-11-23(12-8-15)19(28)29-4-2/h14-15H,3-13H2,1-2H3,(H,21,25)(H,22,27). The molecular weight excluding hydrogens is 376 g/mol. The molecule has 2 aliphatic heterocycles. The lowest BCUT2D eigenvalue weighted by Gasteiger charge is -2.34. The monoisotopic (exact) mass is 408 g/mol. The predicted molar refractivity (Wildman–Crippen MR) is 105 cm³/mol. The molecule has 2 N–H and O–H groups in total. The van der Waals surface area contributed by atoms with Gasteiger partial charge in [-0.05, 0) is 51.4 Å². The van der Waals surface area contributed by atoms with Crippen molar-refractivity contribution < 1.29 is 23.9 Å². The lowest BCUT2D eigenvalue weighted by atomic mass is 9.75. The van der Waals surface area contributed by atoms with Crippen molar-refractivity contribution in [3.63, 3.8) is 0 Å². The lowest BCUT2D eigenvalue weighted by Crippen LogP contribution is -2.51. The van der Waals surface area contributed by atoms with Crippen LogP contribution in [0.2, 0.25) is 0 Å². The molecule has 1 saturated carbocycles. The van der Waals surface area contributed by atoms with Gasteiger partial charge in [-0.25, -0.2) is 9.59 Å². The summed E-state index contributed by atoms with van der Waals surface area (Å²) in [5.41, 5.74) is -0.825. The number of nitrogens with zero attached hydrogens (tertiary/aromatic N) is 2. The number of carbonyl (C=O) groups excluding carboxylic acids is 4. The zero-order valence-electron chi connectivity index (χ0n) is 17.4. The van der Waals surface area contributed by atoms with E-state index in [1.807, 2.05) is 0 Å². The maximum absolute atomic E-state index is 12.9. The molecule has 1 aliphatic carbocycles. The number of amides is 5. The van der Waals surface area contributed by atoms with E-state index in [9.17, 15) is 19.2 Å². The molecule has 0 aromatic rings. The first-order chi connectivity index (χ1) is 13.9. The van der Waals surface area contributed by atoms with Crippen molar-refractivity contribution >= 4 is 23.9 Å². The Morgan fingerprint density at radius 2 is 1.79 bits per heavy atom. The van der Waals surface area contributed by atoms with Crippen LogP contribution in [0.4, 0.5) is 9.59 Å². The second kappa shape index (κ2) is 9.00. The van der Waals surface area contributed by atoms with Gasteiger partial charge in [-0.1, -0.05) is 13.3 Å². The fourth-order valence-electron chi connectivity index (χ4n) is 4.58. The van der Waals surface area contributed by atoms with Gasteiger partial charge in [0, 0.05) is 19.1 Å². The molecule has 9 nitrogen and oxygen atoms in total. The number of imide groups is 1. The Labute approximate surface area is 171 Å². The average molecular weight is 408 g/mol. The maximum Gasteiger partial charge on any atom is 0.409 e. The van der Waals surface area contributed by atoms with Gasteiger partial charge < -0.3 is 20.3 Å². The Kier molecular flexibility index (Phi) is 6.64. The van der Waals surface area contributed by atoms with Crippen molar-refractivity contribution in [1.82, 2.24) is 20.4 Å². The normalized spacial score (nSPS) is 27.9. The van der Waals surface area contributed by atoms with Crippen LogP contribution in [0.25, 0.3) is 0 Å². The Morgan fingerprint density at radius 3 is 2.38 bits per heavy atom. The fraction of sp³-hybridized carbons (Fsp3) is 0.800. The Morgan fingerprint density at radius 1 is 1.14 bits per heavy atom. The molecule has 2 heterocycles. The van der Waals surface area contributed by atoms with Crippen molar-refractivity contribution in [2.45, 2.75) is 70.4 Å². The number of hydrogen-bond donors (Lipinski definition) is 2. The SMILES string of the molecule is CCOC(=O)N1CCC(NC(=O)CN2C(=O)NC3(CCC(CC)CC3)C2=O)CC1. The number of urea groups is 1. The van der Waals surface area contributed by atoms with E-state index in [2.05, 4.69) is 17.6 Å². The molecule has 1 spiro atoms. The summed E-state index contributed by atoms with van der Waals surface area (Å²) >= 11 is 0. The van der Waals surface area contributed by atoms with Gasteiger partial charge in [-0.15, -0.1) is 0 Å². The molecule has 3 aliphatic rings. The van der Waals surface area contributed by atoms with Crippen LogP contribution in [0.1, 0.15) is 58.8 Å². The molecule has 9 heteroatoms. The molecule has 0 atom stereocenters.